The van der Waals surface area contributed by atoms with Crippen LogP contribution in [0, 0.1) is 12.8 Å². The van der Waals surface area contributed by atoms with E-state index < -0.39 is 4.33 Å². The van der Waals surface area contributed by atoms with Gasteiger partial charge in [0, 0.05) is 5.92 Å². The van der Waals surface area contributed by atoms with Crippen molar-refractivity contribution in [3.05, 3.63) is 5.82 Å². The highest BCUT2D eigenvalue weighted by Crippen LogP contribution is 2.53. The Morgan fingerprint density at radius 1 is 1.69 bits per heavy atom. The minimum atomic E-state index is -0.616. The third-order valence-electron chi connectivity index (χ3n) is 1.87. The van der Waals surface area contributed by atoms with Crippen LogP contribution in [0.1, 0.15) is 12.2 Å². The molecule has 1 atom stereocenters. The fourth-order valence-corrected chi connectivity index (χ4v) is 1.46. The minimum absolute atomic E-state index is 0.169. The van der Waals surface area contributed by atoms with E-state index in [0.717, 1.165) is 6.42 Å². The zero-order valence-corrected chi connectivity index (χ0v) is 8.47. The first-order chi connectivity index (χ1) is 6.08. The predicted octanol–water partition coefficient (Wildman–Crippen LogP) is 1.95. The lowest BCUT2D eigenvalue weighted by Gasteiger charge is -1.98. The number of alkyl halides is 2. The highest BCUT2D eigenvalue weighted by molar-refractivity contribution is 6.50. The topological polar surface area (TPSA) is 48.2 Å². The second-order valence-corrected chi connectivity index (χ2v) is 4.62. The lowest BCUT2D eigenvalue weighted by molar-refractivity contribution is 0.195. The van der Waals surface area contributed by atoms with Gasteiger partial charge in [0.1, 0.15) is 4.33 Å². The molecule has 6 heteroatoms. The molecule has 4 nitrogen and oxygen atoms in total. The van der Waals surface area contributed by atoms with Crippen LogP contribution in [-0.4, -0.2) is 21.1 Å². The van der Waals surface area contributed by atoms with Gasteiger partial charge in [0.2, 0.25) is 0 Å². The molecule has 0 saturated heterocycles. The second-order valence-electron chi connectivity index (χ2n) is 3.08. The van der Waals surface area contributed by atoms with Crippen LogP contribution in [-0.2, 0) is 0 Å². The van der Waals surface area contributed by atoms with Gasteiger partial charge in [0.05, 0.1) is 6.61 Å². The Morgan fingerprint density at radius 2 is 2.38 bits per heavy atom. The summed E-state index contributed by atoms with van der Waals surface area (Å²) in [7, 11) is 0. The molecule has 0 N–H and O–H groups in total. The van der Waals surface area contributed by atoms with Crippen LogP contribution >= 0.6 is 23.2 Å². The van der Waals surface area contributed by atoms with Gasteiger partial charge in [-0.1, -0.05) is 5.16 Å². The maximum absolute atomic E-state index is 5.80. The largest absolute Gasteiger partial charge is 0.448 e. The Kier molecular flexibility index (Phi) is 2.12. The molecule has 72 valence electrons. The monoisotopic (exact) mass is 222 g/mol. The lowest BCUT2D eigenvalue weighted by atomic mass is 10.5. The molecule has 0 aliphatic heterocycles. The van der Waals surface area contributed by atoms with Crippen molar-refractivity contribution in [2.75, 3.05) is 6.61 Å². The van der Waals surface area contributed by atoms with Crippen molar-refractivity contribution < 1.29 is 9.26 Å². The summed E-state index contributed by atoms with van der Waals surface area (Å²) in [4.78, 5) is 3.87. The van der Waals surface area contributed by atoms with Gasteiger partial charge >= 0.3 is 6.08 Å². The molecular formula is C7H8Cl2N2O2. The summed E-state index contributed by atoms with van der Waals surface area (Å²) in [5.74, 6) is 0.719. The minimum Gasteiger partial charge on any atom is -0.448 e. The Hall–Kier alpha value is -0.480. The SMILES string of the molecule is Cc1noc(OCC2CC2(Cl)Cl)n1. The number of halogens is 2. The number of hydrogen-bond donors (Lipinski definition) is 0. The molecule has 1 fully saturated rings. The Labute approximate surface area is 85.2 Å². The van der Waals surface area contributed by atoms with E-state index in [2.05, 4.69) is 10.1 Å². The molecule has 1 aliphatic rings. The average Bonchev–Trinajstić information content (AvgIpc) is 2.45. The van der Waals surface area contributed by atoms with E-state index in [4.69, 9.17) is 32.5 Å². The summed E-state index contributed by atoms with van der Waals surface area (Å²) in [6.07, 6.45) is 0.928. The first-order valence-electron chi connectivity index (χ1n) is 3.89. The van der Waals surface area contributed by atoms with E-state index >= 15 is 0 Å². The van der Waals surface area contributed by atoms with E-state index in [0.29, 0.717) is 12.4 Å². The van der Waals surface area contributed by atoms with Crippen molar-refractivity contribution in [3.63, 3.8) is 0 Å². The van der Waals surface area contributed by atoms with Crippen LogP contribution in [0.2, 0.25) is 0 Å². The van der Waals surface area contributed by atoms with Gasteiger partial charge in [-0.05, 0) is 13.3 Å². The van der Waals surface area contributed by atoms with E-state index in [1.807, 2.05) is 0 Å². The molecule has 0 bridgehead atoms. The van der Waals surface area contributed by atoms with Crippen LogP contribution in [0.3, 0.4) is 0 Å². The fraction of sp³-hybridized carbons (Fsp3) is 0.714. The molecule has 0 amide bonds. The molecule has 1 heterocycles. The number of aromatic nitrogens is 2. The Balaban J connectivity index is 1.81. The molecule has 1 aliphatic carbocycles. The van der Waals surface area contributed by atoms with Gasteiger partial charge < -0.3 is 4.74 Å². The molecule has 0 radical (unpaired) electrons. The maximum atomic E-state index is 5.80. The Morgan fingerprint density at radius 3 is 2.85 bits per heavy atom. The number of aryl methyl sites for hydroxylation is 1. The molecule has 2 rings (SSSR count). The van der Waals surface area contributed by atoms with Crippen LogP contribution in [0.15, 0.2) is 4.52 Å². The van der Waals surface area contributed by atoms with Gasteiger partial charge in [-0.15, -0.1) is 23.2 Å². The van der Waals surface area contributed by atoms with Gasteiger partial charge in [0.15, 0.2) is 5.82 Å². The number of ether oxygens (including phenoxy) is 1. The molecule has 1 saturated carbocycles. The zero-order valence-electron chi connectivity index (χ0n) is 6.96. The highest BCUT2D eigenvalue weighted by atomic mass is 35.5. The lowest BCUT2D eigenvalue weighted by Crippen LogP contribution is -2.04. The third-order valence-corrected chi connectivity index (χ3v) is 2.80. The first kappa shape index (κ1) is 9.09. The summed E-state index contributed by atoms with van der Waals surface area (Å²) in [5.41, 5.74) is 0. The molecular weight excluding hydrogens is 215 g/mol. The summed E-state index contributed by atoms with van der Waals surface area (Å²) in [5, 5.41) is 3.57. The van der Waals surface area contributed by atoms with E-state index in [1.54, 1.807) is 6.92 Å². The van der Waals surface area contributed by atoms with Crippen LogP contribution in [0.5, 0.6) is 6.08 Å². The quantitative estimate of drug-likeness (QED) is 0.734. The number of rotatable bonds is 3. The fourth-order valence-electron chi connectivity index (χ4n) is 0.959. The van der Waals surface area contributed by atoms with Crippen LogP contribution in [0.25, 0.3) is 0 Å². The summed E-state index contributed by atoms with van der Waals surface area (Å²) in [6.45, 7) is 2.15. The summed E-state index contributed by atoms with van der Waals surface area (Å²) >= 11 is 11.6. The highest BCUT2D eigenvalue weighted by Gasteiger charge is 2.52. The van der Waals surface area contributed by atoms with Crippen LogP contribution in [0.4, 0.5) is 0 Å². The van der Waals surface area contributed by atoms with E-state index in [1.165, 1.54) is 0 Å². The third kappa shape index (κ3) is 2.06. The maximum Gasteiger partial charge on any atom is 0.417 e. The van der Waals surface area contributed by atoms with Crippen molar-refractivity contribution in [2.24, 2.45) is 5.92 Å². The number of hydrogen-bond acceptors (Lipinski definition) is 4. The first-order valence-corrected chi connectivity index (χ1v) is 4.64. The van der Waals surface area contributed by atoms with E-state index in [9.17, 15) is 0 Å². The zero-order chi connectivity index (χ0) is 9.47. The van der Waals surface area contributed by atoms with Gasteiger partial charge in [-0.25, -0.2) is 0 Å². The molecule has 1 unspecified atom stereocenters. The van der Waals surface area contributed by atoms with Crippen molar-refractivity contribution >= 4 is 23.2 Å². The van der Waals surface area contributed by atoms with Crippen molar-refractivity contribution in [1.82, 2.24) is 10.1 Å². The normalized spacial score (nSPS) is 24.4. The van der Waals surface area contributed by atoms with Gasteiger partial charge in [-0.2, -0.15) is 4.98 Å². The summed E-state index contributed by atoms with van der Waals surface area (Å²) < 4.78 is 9.30. The standard InChI is InChI=1S/C7H8Cl2N2O2/c1-4-10-6(13-11-4)12-3-5-2-7(5,8)9/h5H,2-3H2,1H3. The predicted molar refractivity (Wildman–Crippen MR) is 47.1 cm³/mol. The van der Waals surface area contributed by atoms with E-state index in [-0.39, 0.29) is 12.0 Å². The Bertz CT molecular complexity index is 313. The smallest absolute Gasteiger partial charge is 0.417 e. The van der Waals surface area contributed by atoms with Crippen molar-refractivity contribution in [3.8, 4) is 6.08 Å². The molecule has 1 aromatic heterocycles. The molecule has 0 spiro atoms. The van der Waals surface area contributed by atoms with Crippen LogP contribution < -0.4 is 4.74 Å². The van der Waals surface area contributed by atoms with Crippen molar-refractivity contribution in [2.45, 2.75) is 17.7 Å². The molecule has 1 aromatic rings. The molecule has 0 aromatic carbocycles. The van der Waals surface area contributed by atoms with Gasteiger partial charge in [-0.3, -0.25) is 4.52 Å². The van der Waals surface area contributed by atoms with Crippen molar-refractivity contribution in [1.29, 1.82) is 0 Å². The molecule has 13 heavy (non-hydrogen) atoms. The second kappa shape index (κ2) is 3.03. The number of nitrogens with zero attached hydrogens (tertiary/aromatic N) is 2. The summed E-state index contributed by atoms with van der Waals surface area (Å²) in [6, 6.07) is 0. The average molecular weight is 223 g/mol. The van der Waals surface area contributed by atoms with Gasteiger partial charge in [0.25, 0.3) is 0 Å².